The predicted molar refractivity (Wildman–Crippen MR) is 331 cm³/mol. The van der Waals surface area contributed by atoms with Gasteiger partial charge >= 0.3 is 0 Å². The summed E-state index contributed by atoms with van der Waals surface area (Å²) in [4.78, 5) is 17.2. The number of rotatable bonds is 22. The molecule has 402 valence electrons. The molecule has 3 N–H and O–H groups in total. The van der Waals surface area contributed by atoms with E-state index in [1.807, 2.05) is 60.7 Å². The Bertz CT molecular complexity index is 3790. The van der Waals surface area contributed by atoms with E-state index in [1.54, 1.807) is 12.1 Å². The topological polar surface area (TPSA) is 102 Å². The van der Waals surface area contributed by atoms with Gasteiger partial charge in [-0.1, -0.05) is 187 Å². The van der Waals surface area contributed by atoms with Gasteiger partial charge in [0.2, 0.25) is 22.9 Å². The summed E-state index contributed by atoms with van der Waals surface area (Å²) in [5.41, 5.74) is 4.64. The molecule has 0 heterocycles. The van der Waals surface area contributed by atoms with Crippen LogP contribution in [-0.2, 0) is 9.53 Å². The second kappa shape index (κ2) is 24.4. The maximum Gasteiger partial charge on any atom is 0.219 e. The van der Waals surface area contributed by atoms with Crippen LogP contribution in [0.25, 0.3) is 48.7 Å². The summed E-state index contributed by atoms with van der Waals surface area (Å²) in [6, 6.07) is 61.5. The van der Waals surface area contributed by atoms with Crippen molar-refractivity contribution in [2.75, 3.05) is 18.1 Å². The minimum absolute atomic E-state index is 0.0902. The Morgan fingerprint density at radius 3 is 1.38 bits per heavy atom. The Hall–Kier alpha value is -8.88. The number of aliphatic hydroxyl groups excluding tert-OH is 2. The number of phenols is 1. The Morgan fingerprint density at radius 1 is 0.425 bits per heavy atom. The highest BCUT2D eigenvalue weighted by Crippen LogP contribution is 2.50. The van der Waals surface area contributed by atoms with E-state index in [4.69, 9.17) is 9.47 Å². The molecule has 0 aromatic heterocycles. The van der Waals surface area contributed by atoms with Gasteiger partial charge in [-0.2, -0.15) is 4.58 Å². The normalized spacial score (nSPS) is 14.4. The van der Waals surface area contributed by atoms with Gasteiger partial charge in [-0.25, -0.2) is 0 Å². The lowest BCUT2D eigenvalue weighted by molar-refractivity contribution is -0.111. The molecule has 0 amide bonds. The second-order valence-electron chi connectivity index (χ2n) is 21.1. The number of fused-ring (bicyclic) bond motifs is 4. The number of nitrogens with zero attached hydrogens (tertiary/aromatic N) is 2. The summed E-state index contributed by atoms with van der Waals surface area (Å²) >= 11 is 0. The molecular formula is C72H69N2O6+. The number of ether oxygens (including phenoxy) is 2. The molecule has 0 unspecified atom stereocenters. The fourth-order valence-corrected chi connectivity index (χ4v) is 11.3. The number of anilines is 3. The Morgan fingerprint density at radius 2 is 0.875 bits per heavy atom. The number of allylic oxidation sites excluding steroid dienone is 4. The maximum atomic E-state index is 15.1. The second-order valence-corrected chi connectivity index (χ2v) is 21.1. The molecule has 0 saturated carbocycles. The first-order valence-electron chi connectivity index (χ1n) is 28.7. The first-order chi connectivity index (χ1) is 39.3. The van der Waals surface area contributed by atoms with E-state index in [0.717, 1.165) is 130 Å². The third kappa shape index (κ3) is 11.2. The van der Waals surface area contributed by atoms with Gasteiger partial charge < -0.3 is 29.7 Å². The van der Waals surface area contributed by atoms with Gasteiger partial charge in [0.15, 0.2) is 0 Å². The number of hydrogen-bond acceptors (Lipinski definition) is 7. The van der Waals surface area contributed by atoms with E-state index < -0.39 is 5.78 Å². The van der Waals surface area contributed by atoms with Gasteiger partial charge in [-0.3, -0.25) is 4.79 Å². The van der Waals surface area contributed by atoms with E-state index >= 15 is 4.79 Å². The van der Waals surface area contributed by atoms with E-state index in [-0.39, 0.29) is 51.1 Å². The number of Topliss-reactive ketones (excluding diaryl/α,β-unsaturated/α-hetero) is 1. The monoisotopic (exact) mass is 1060 g/mol. The van der Waals surface area contributed by atoms with E-state index in [9.17, 15) is 15.3 Å². The first-order valence-corrected chi connectivity index (χ1v) is 28.7. The maximum absolute atomic E-state index is 15.1. The summed E-state index contributed by atoms with van der Waals surface area (Å²) in [6.45, 7) is 5.06. The zero-order valence-electron chi connectivity index (χ0n) is 45.8. The van der Waals surface area contributed by atoms with Gasteiger partial charge in [0.25, 0.3) is 0 Å². The van der Waals surface area contributed by atoms with Crippen LogP contribution < -0.4 is 14.2 Å². The highest BCUT2D eigenvalue weighted by atomic mass is 16.5. The van der Waals surface area contributed by atoms with Crippen LogP contribution in [0.4, 0.5) is 28.4 Å². The smallest absolute Gasteiger partial charge is 0.219 e. The summed E-state index contributed by atoms with van der Waals surface area (Å²) in [5, 5.41) is 46.0. The molecule has 2 aliphatic carbocycles. The first kappa shape index (κ1) is 53.1. The van der Waals surface area contributed by atoms with Crippen molar-refractivity contribution in [3.8, 4) is 11.5 Å². The molecule has 9 aromatic rings. The van der Waals surface area contributed by atoms with Gasteiger partial charge in [0, 0.05) is 47.8 Å². The molecule has 9 aromatic carbocycles. The number of hydrogen-bond donors (Lipinski definition) is 3. The number of unbranched alkanes of at least 4 members (excludes halogenated alkanes) is 10. The molecular weight excluding hydrogens is 989 g/mol. The zero-order chi connectivity index (χ0) is 55.0. The number of ketones is 1. The highest BCUT2D eigenvalue weighted by Gasteiger charge is 2.43. The molecule has 0 fully saturated rings. The van der Waals surface area contributed by atoms with Crippen LogP contribution in [0.1, 0.15) is 96.5 Å². The van der Waals surface area contributed by atoms with Crippen molar-refractivity contribution in [1.82, 2.24) is 4.58 Å². The number of carbonyl (C=O) groups is 1. The molecule has 8 heteroatoms. The van der Waals surface area contributed by atoms with Gasteiger partial charge in [-0.15, -0.1) is 0 Å². The average Bonchev–Trinajstić information content (AvgIpc) is 3.54. The molecule has 80 heavy (non-hydrogen) atoms. The van der Waals surface area contributed by atoms with Crippen molar-refractivity contribution < 1.29 is 29.6 Å². The third-order valence-corrected chi connectivity index (χ3v) is 15.6. The summed E-state index contributed by atoms with van der Waals surface area (Å²) in [5.74, 6) is -0.867. The molecule has 0 aliphatic heterocycles. The lowest BCUT2D eigenvalue weighted by Gasteiger charge is -2.30. The molecule has 11 rings (SSSR count). The summed E-state index contributed by atoms with van der Waals surface area (Å²) in [6.07, 6.45) is 16.0. The minimum Gasteiger partial charge on any atom is -0.507 e. The lowest BCUT2D eigenvalue weighted by Crippen LogP contribution is -2.27. The highest BCUT2D eigenvalue weighted by molar-refractivity contribution is 6.40. The van der Waals surface area contributed by atoms with Crippen molar-refractivity contribution in [3.05, 3.63) is 228 Å². The number of aromatic hydroxyl groups is 1. The molecule has 0 spiro atoms. The summed E-state index contributed by atoms with van der Waals surface area (Å²) < 4.78 is 15.4. The Balaban J connectivity index is 1.04. The number of carbonyl (C=O) groups excluding carboxylic acids is 1. The summed E-state index contributed by atoms with van der Waals surface area (Å²) in [7, 11) is 0. The van der Waals surface area contributed by atoms with E-state index in [2.05, 4.69) is 145 Å². The molecule has 0 radical (unpaired) electrons. The van der Waals surface area contributed by atoms with Crippen molar-refractivity contribution in [2.45, 2.75) is 90.9 Å². The van der Waals surface area contributed by atoms with Crippen molar-refractivity contribution in [2.24, 2.45) is 0 Å². The fraction of sp³-hybridized carbons (Fsp3) is 0.222. The van der Waals surface area contributed by atoms with Gasteiger partial charge in [0.1, 0.15) is 28.8 Å². The Labute approximate surface area is 469 Å². The van der Waals surface area contributed by atoms with Crippen LogP contribution in [0.2, 0.25) is 0 Å². The van der Waals surface area contributed by atoms with Crippen LogP contribution in [0.3, 0.4) is 0 Å². The van der Waals surface area contributed by atoms with Gasteiger partial charge in [-0.05, 0) is 92.3 Å². The van der Waals surface area contributed by atoms with E-state index in [0.29, 0.717) is 24.6 Å². The number of phenolic OH excluding ortho intramolecular Hbond substituents is 1. The van der Waals surface area contributed by atoms with Crippen LogP contribution >= 0.6 is 0 Å². The van der Waals surface area contributed by atoms with Crippen molar-refractivity contribution >= 4 is 88.6 Å². The molecule has 2 aliphatic rings. The standard InChI is InChI=1S/C72H68N2O6/c1-3-5-7-9-11-21-39-79-65-47-61(73(57-35-31-49-23-13-17-27-53(49)41-57)58-36-32-50-24-14-18-28-54(50)42-58)45-63(75)67(65)69-71(77)70(72(69)78)68-64(76)46-62(48-66(68)80-40-22-12-10-8-6-4-2)74(59-37-33-51-25-15-19-29-55(51)43-59)60-38-34-52-26-16-20-30-56(52)44-60/h13-20,23-38,41-48H,3-12,21-22,39-40H2,1-2H3,(H2,75,76,77,78)/p+1. The zero-order valence-corrected chi connectivity index (χ0v) is 45.8. The number of benzene rings is 9. The van der Waals surface area contributed by atoms with Crippen LogP contribution in [-0.4, -0.2) is 40.0 Å². The van der Waals surface area contributed by atoms with Gasteiger partial charge in [0.05, 0.1) is 53.3 Å². The fourth-order valence-electron chi connectivity index (χ4n) is 11.3. The van der Waals surface area contributed by atoms with Crippen LogP contribution in [0.15, 0.2) is 223 Å². The molecule has 0 saturated heterocycles. The van der Waals surface area contributed by atoms with Crippen LogP contribution in [0.5, 0.6) is 11.5 Å². The minimum atomic E-state index is -0.552. The third-order valence-electron chi connectivity index (χ3n) is 15.6. The molecule has 0 bridgehead atoms. The lowest BCUT2D eigenvalue weighted by atomic mass is 9.78. The average molecular weight is 1060 g/mol. The predicted octanol–water partition coefficient (Wildman–Crippen LogP) is 19.1. The van der Waals surface area contributed by atoms with Crippen molar-refractivity contribution in [3.63, 3.8) is 0 Å². The molecule has 8 nitrogen and oxygen atoms in total. The van der Waals surface area contributed by atoms with Crippen molar-refractivity contribution in [1.29, 1.82) is 0 Å². The quantitative estimate of drug-likeness (QED) is 0.0353. The Kier molecular flexibility index (Phi) is 16.2. The van der Waals surface area contributed by atoms with Crippen LogP contribution in [0, 0.1) is 0 Å². The molecule has 0 atom stereocenters. The SMILES string of the molecule is CCCCCCCCOC1=CC(=[N+](c2ccc3ccccc3c2)c2ccc3ccccc3c2)C=C(O)C1=C1C(=O)C(c2c(O)cc(N(c3ccc4ccccc4c3)c3ccc4ccccc4c3)cc2OCCCCCCCC)=C1O. The van der Waals surface area contributed by atoms with E-state index in [1.165, 1.54) is 12.8 Å². The largest absolute Gasteiger partial charge is 0.507 e. The number of aliphatic hydroxyl groups is 2.